The minimum absolute atomic E-state index is 0.0368. The molecule has 0 radical (unpaired) electrons. The van der Waals surface area contributed by atoms with Gasteiger partial charge >= 0.3 is 0 Å². The van der Waals surface area contributed by atoms with E-state index in [-0.39, 0.29) is 12.5 Å². The second kappa shape index (κ2) is 8.60. The number of amides is 1. The fraction of sp³-hybridized carbons (Fsp3) is 0.462. The number of aliphatic hydroxyl groups is 1. The average Bonchev–Trinajstić information content (AvgIpc) is 2.46. The van der Waals surface area contributed by atoms with Gasteiger partial charge in [-0.15, -0.1) is 0 Å². The van der Waals surface area contributed by atoms with Gasteiger partial charge in [-0.25, -0.2) is 5.84 Å². The van der Waals surface area contributed by atoms with Crippen LogP contribution in [-0.4, -0.2) is 49.3 Å². The van der Waals surface area contributed by atoms with Crippen LogP contribution in [0.15, 0.2) is 30.3 Å². The first-order chi connectivity index (χ1) is 9.24. The van der Waals surface area contributed by atoms with E-state index in [9.17, 15) is 4.79 Å². The number of hydrogen-bond donors (Lipinski definition) is 3. The summed E-state index contributed by atoms with van der Waals surface area (Å²) in [4.78, 5) is 13.8. The molecule has 0 spiro atoms. The van der Waals surface area contributed by atoms with Crippen LogP contribution >= 0.6 is 0 Å². The highest BCUT2D eigenvalue weighted by molar-refractivity contribution is 5.82. The molecular weight excluding hydrogens is 246 g/mol. The van der Waals surface area contributed by atoms with Crippen LogP contribution in [0.25, 0.3) is 0 Å². The fourth-order valence-corrected chi connectivity index (χ4v) is 1.95. The normalized spacial score (nSPS) is 12.4. The lowest BCUT2D eigenvalue weighted by atomic mass is 10.0. The van der Waals surface area contributed by atoms with Gasteiger partial charge in [0.1, 0.15) is 6.04 Å². The Morgan fingerprint density at radius 1 is 1.42 bits per heavy atom. The lowest BCUT2D eigenvalue weighted by Crippen LogP contribution is -2.45. The van der Waals surface area contributed by atoms with Gasteiger partial charge in [0.25, 0.3) is 5.91 Å². The first-order valence-corrected chi connectivity index (χ1v) is 6.13. The Bertz CT molecular complexity index is 373. The first-order valence-electron chi connectivity index (χ1n) is 6.13. The van der Waals surface area contributed by atoms with E-state index in [0.29, 0.717) is 19.7 Å². The highest BCUT2D eigenvalue weighted by atomic mass is 16.5. The summed E-state index contributed by atoms with van der Waals surface area (Å²) in [6, 6.07) is 8.79. The van der Waals surface area contributed by atoms with E-state index in [4.69, 9.17) is 15.7 Å². The van der Waals surface area contributed by atoms with Crippen molar-refractivity contribution in [3.63, 3.8) is 0 Å². The molecule has 6 heteroatoms. The zero-order valence-electron chi connectivity index (χ0n) is 11.1. The maximum Gasteiger partial charge on any atom is 0.255 e. The van der Waals surface area contributed by atoms with E-state index >= 15 is 0 Å². The number of hydrazine groups is 1. The smallest absolute Gasteiger partial charge is 0.255 e. The van der Waals surface area contributed by atoms with Crippen molar-refractivity contribution in [2.24, 2.45) is 5.84 Å². The minimum atomic E-state index is -0.534. The van der Waals surface area contributed by atoms with Gasteiger partial charge in [0.05, 0.1) is 13.2 Å². The van der Waals surface area contributed by atoms with E-state index in [1.165, 1.54) is 0 Å². The van der Waals surface area contributed by atoms with E-state index < -0.39 is 6.04 Å². The zero-order chi connectivity index (χ0) is 14.1. The molecule has 1 aromatic rings. The molecule has 1 rings (SSSR count). The summed E-state index contributed by atoms with van der Waals surface area (Å²) >= 11 is 0. The SMILES string of the molecule is COCCN(CCO)C(C(=O)NN)c1ccccc1. The Balaban J connectivity index is 2.95. The average molecular weight is 267 g/mol. The summed E-state index contributed by atoms with van der Waals surface area (Å²) in [5.41, 5.74) is 3.00. The molecule has 19 heavy (non-hydrogen) atoms. The summed E-state index contributed by atoms with van der Waals surface area (Å²) in [6.45, 7) is 1.34. The number of aliphatic hydroxyl groups excluding tert-OH is 1. The molecule has 0 aliphatic rings. The molecule has 0 saturated carbocycles. The number of ether oxygens (including phenoxy) is 1. The van der Waals surface area contributed by atoms with Gasteiger partial charge in [0.2, 0.25) is 0 Å². The molecule has 6 nitrogen and oxygen atoms in total. The van der Waals surface area contributed by atoms with Crippen LogP contribution in [0.3, 0.4) is 0 Å². The molecule has 1 aromatic carbocycles. The van der Waals surface area contributed by atoms with Gasteiger partial charge in [0.15, 0.2) is 0 Å². The summed E-state index contributed by atoms with van der Waals surface area (Å²) in [6.07, 6.45) is 0. The third-order valence-electron chi connectivity index (χ3n) is 2.84. The molecule has 0 bridgehead atoms. The lowest BCUT2D eigenvalue weighted by molar-refractivity contribution is -0.127. The van der Waals surface area contributed by atoms with Crippen molar-refractivity contribution in [3.8, 4) is 0 Å². The fourth-order valence-electron chi connectivity index (χ4n) is 1.95. The third-order valence-corrected chi connectivity index (χ3v) is 2.84. The predicted molar refractivity (Wildman–Crippen MR) is 72.0 cm³/mol. The third kappa shape index (κ3) is 4.60. The molecule has 4 N–H and O–H groups in total. The summed E-state index contributed by atoms with van der Waals surface area (Å²) < 4.78 is 5.03. The topological polar surface area (TPSA) is 87.8 Å². The quantitative estimate of drug-likeness (QED) is 0.341. The molecule has 1 unspecified atom stereocenters. The van der Waals surface area contributed by atoms with Crippen LogP contribution in [-0.2, 0) is 9.53 Å². The van der Waals surface area contributed by atoms with E-state index in [1.807, 2.05) is 35.2 Å². The summed E-state index contributed by atoms with van der Waals surface area (Å²) in [5, 5.41) is 9.14. The summed E-state index contributed by atoms with van der Waals surface area (Å²) in [5.74, 6) is 4.94. The van der Waals surface area contributed by atoms with E-state index in [0.717, 1.165) is 5.56 Å². The molecule has 0 fully saturated rings. The van der Waals surface area contributed by atoms with Crippen LogP contribution in [0.5, 0.6) is 0 Å². The monoisotopic (exact) mass is 267 g/mol. The molecule has 0 saturated heterocycles. The molecule has 0 heterocycles. The second-order valence-electron chi connectivity index (χ2n) is 4.07. The first kappa shape index (κ1) is 15.6. The summed E-state index contributed by atoms with van der Waals surface area (Å²) in [7, 11) is 1.59. The number of hydrogen-bond acceptors (Lipinski definition) is 5. The highest BCUT2D eigenvalue weighted by Crippen LogP contribution is 2.20. The van der Waals surface area contributed by atoms with Crippen LogP contribution < -0.4 is 11.3 Å². The van der Waals surface area contributed by atoms with E-state index in [1.54, 1.807) is 7.11 Å². The van der Waals surface area contributed by atoms with Crippen molar-refractivity contribution in [3.05, 3.63) is 35.9 Å². The molecule has 0 aliphatic heterocycles. The van der Waals surface area contributed by atoms with Gasteiger partial charge in [-0.1, -0.05) is 30.3 Å². The Hall–Kier alpha value is -1.47. The van der Waals surface area contributed by atoms with Gasteiger partial charge in [-0.2, -0.15) is 0 Å². The van der Waals surface area contributed by atoms with Crippen molar-refractivity contribution in [2.75, 3.05) is 33.4 Å². The number of methoxy groups -OCH3 is 1. The van der Waals surface area contributed by atoms with Crippen molar-refractivity contribution >= 4 is 5.91 Å². The molecular formula is C13H21N3O3. The van der Waals surface area contributed by atoms with Crippen LogP contribution in [0.2, 0.25) is 0 Å². The van der Waals surface area contributed by atoms with E-state index in [2.05, 4.69) is 5.43 Å². The number of carbonyl (C=O) groups excluding carboxylic acids is 1. The highest BCUT2D eigenvalue weighted by Gasteiger charge is 2.26. The van der Waals surface area contributed by atoms with Crippen molar-refractivity contribution in [1.29, 1.82) is 0 Å². The number of benzene rings is 1. The second-order valence-corrected chi connectivity index (χ2v) is 4.07. The van der Waals surface area contributed by atoms with Crippen LogP contribution in [0.4, 0.5) is 0 Å². The molecule has 106 valence electrons. The minimum Gasteiger partial charge on any atom is -0.395 e. The largest absolute Gasteiger partial charge is 0.395 e. The zero-order valence-corrected chi connectivity index (χ0v) is 11.1. The lowest BCUT2D eigenvalue weighted by Gasteiger charge is -2.29. The number of nitrogens with two attached hydrogens (primary N) is 1. The Kier molecular flexibility index (Phi) is 7.06. The number of nitrogens with zero attached hydrogens (tertiary/aromatic N) is 1. The molecule has 1 atom stereocenters. The van der Waals surface area contributed by atoms with Crippen LogP contribution in [0.1, 0.15) is 11.6 Å². The van der Waals surface area contributed by atoms with Crippen LogP contribution in [0, 0.1) is 0 Å². The molecule has 1 amide bonds. The predicted octanol–water partition coefficient (Wildman–Crippen LogP) is -0.342. The Labute approximate surface area is 113 Å². The van der Waals surface area contributed by atoms with Gasteiger partial charge in [-0.3, -0.25) is 15.1 Å². The van der Waals surface area contributed by atoms with Gasteiger partial charge in [-0.05, 0) is 5.56 Å². The van der Waals surface area contributed by atoms with Crippen molar-refractivity contribution in [1.82, 2.24) is 10.3 Å². The maximum atomic E-state index is 12.0. The number of carbonyl (C=O) groups is 1. The standard InChI is InChI=1S/C13H21N3O3/c1-19-10-8-16(7-9-17)12(13(18)15-14)11-5-3-2-4-6-11/h2-6,12,17H,7-10,14H2,1H3,(H,15,18). The Morgan fingerprint density at radius 3 is 2.63 bits per heavy atom. The van der Waals surface area contributed by atoms with Gasteiger partial charge in [0, 0.05) is 20.2 Å². The number of rotatable bonds is 8. The maximum absolute atomic E-state index is 12.0. The van der Waals surface area contributed by atoms with Gasteiger partial charge < -0.3 is 9.84 Å². The Morgan fingerprint density at radius 2 is 2.11 bits per heavy atom. The number of nitrogens with one attached hydrogen (secondary N) is 1. The molecule has 0 aromatic heterocycles. The molecule has 0 aliphatic carbocycles. The van der Waals surface area contributed by atoms with Crippen molar-refractivity contribution in [2.45, 2.75) is 6.04 Å². The van der Waals surface area contributed by atoms with Crippen molar-refractivity contribution < 1.29 is 14.6 Å².